The van der Waals surface area contributed by atoms with Crippen LogP contribution in [0.2, 0.25) is 0 Å². The summed E-state index contributed by atoms with van der Waals surface area (Å²) in [5.41, 5.74) is 6.08. The summed E-state index contributed by atoms with van der Waals surface area (Å²) >= 11 is 0. The number of hydrogen-bond acceptors (Lipinski definition) is 3. The Balaban J connectivity index is 3.12. The third-order valence-corrected chi connectivity index (χ3v) is 1.81. The van der Waals surface area contributed by atoms with Crippen molar-refractivity contribution in [2.24, 2.45) is 0 Å². The maximum absolute atomic E-state index is 10.4. The van der Waals surface area contributed by atoms with Crippen LogP contribution in [-0.2, 0) is 4.57 Å². The number of nitrogens with two attached hydrogens (primary N) is 1. The van der Waals surface area contributed by atoms with E-state index in [1.807, 2.05) is 0 Å². The predicted molar refractivity (Wildman–Crippen MR) is 44.6 cm³/mol. The summed E-state index contributed by atoms with van der Waals surface area (Å²) in [4.78, 5) is 0. The van der Waals surface area contributed by atoms with E-state index >= 15 is 0 Å². The van der Waals surface area contributed by atoms with Gasteiger partial charge in [-0.2, -0.15) is 0 Å². The first kappa shape index (κ1) is 8.02. The zero-order valence-electron chi connectivity index (χ0n) is 6.07. The average Bonchev–Trinajstić information content (AvgIpc) is 2.05. The summed E-state index contributed by atoms with van der Waals surface area (Å²) < 4.78 is 15.3. The third-order valence-electron chi connectivity index (χ3n) is 1.32. The van der Waals surface area contributed by atoms with E-state index in [4.69, 9.17) is 10.5 Å². The summed E-state index contributed by atoms with van der Waals surface area (Å²) in [6.45, 7) is 0. The first-order valence-electron chi connectivity index (χ1n) is 3.05. The second kappa shape index (κ2) is 3.35. The molecule has 1 rings (SSSR count). The van der Waals surface area contributed by atoms with E-state index in [0.29, 0.717) is 16.7 Å². The number of rotatable bonds is 2. The van der Waals surface area contributed by atoms with Gasteiger partial charge in [-0.3, -0.25) is 4.57 Å². The van der Waals surface area contributed by atoms with Gasteiger partial charge >= 0.3 is 0 Å². The van der Waals surface area contributed by atoms with Crippen molar-refractivity contribution in [3.05, 3.63) is 18.2 Å². The minimum atomic E-state index is -0.0191. The van der Waals surface area contributed by atoms with Gasteiger partial charge in [0.05, 0.1) is 12.8 Å². The Hall–Kier alpha value is -1.08. The minimum absolute atomic E-state index is 0.0191. The van der Waals surface area contributed by atoms with Crippen molar-refractivity contribution in [2.75, 3.05) is 12.8 Å². The molecule has 0 heterocycles. The van der Waals surface area contributed by atoms with E-state index in [2.05, 4.69) is 0 Å². The summed E-state index contributed by atoms with van der Waals surface area (Å²) in [7, 11) is 1.51. The lowest BCUT2D eigenvalue weighted by atomic mass is 10.3. The molecule has 1 aromatic rings. The second-order valence-corrected chi connectivity index (χ2v) is 2.72. The van der Waals surface area contributed by atoms with Gasteiger partial charge in [0.1, 0.15) is 5.75 Å². The molecule has 0 unspecified atom stereocenters. The number of benzene rings is 1. The van der Waals surface area contributed by atoms with E-state index in [-0.39, 0.29) is 8.46 Å². The largest absolute Gasteiger partial charge is 0.495 e. The number of anilines is 1. The summed E-state index contributed by atoms with van der Waals surface area (Å²) in [6.07, 6.45) is 0. The van der Waals surface area contributed by atoms with Gasteiger partial charge < -0.3 is 10.5 Å². The number of ether oxygens (including phenoxy) is 1. The van der Waals surface area contributed by atoms with Crippen molar-refractivity contribution in [1.29, 1.82) is 0 Å². The van der Waals surface area contributed by atoms with Crippen LogP contribution in [0.3, 0.4) is 0 Å². The molecule has 0 atom stereocenters. The number of nitrogen functional groups attached to an aromatic ring is 1. The highest BCUT2D eigenvalue weighted by Crippen LogP contribution is 2.19. The normalized spacial score (nSPS) is 9.91. The van der Waals surface area contributed by atoms with Crippen molar-refractivity contribution >= 4 is 19.5 Å². The van der Waals surface area contributed by atoms with Crippen molar-refractivity contribution in [3.63, 3.8) is 0 Å². The Bertz CT molecular complexity index is 275. The molecule has 0 aliphatic rings. The number of methoxy groups -OCH3 is 1. The molecule has 2 N–H and O–H groups in total. The Labute approximate surface area is 66.4 Å². The molecule has 0 saturated carbocycles. The van der Waals surface area contributed by atoms with Crippen LogP contribution in [0.15, 0.2) is 18.2 Å². The molecule has 0 amide bonds. The molecule has 0 aliphatic carbocycles. The average molecular weight is 169 g/mol. The Morgan fingerprint density at radius 3 is 2.82 bits per heavy atom. The minimum Gasteiger partial charge on any atom is -0.495 e. The maximum Gasteiger partial charge on any atom is 0.192 e. The molecular weight excluding hydrogens is 161 g/mol. The smallest absolute Gasteiger partial charge is 0.192 e. The van der Waals surface area contributed by atoms with E-state index in [0.717, 1.165) is 0 Å². The summed E-state index contributed by atoms with van der Waals surface area (Å²) in [5, 5.41) is 0.663. The zero-order valence-corrected chi connectivity index (χ0v) is 6.97. The van der Waals surface area contributed by atoms with E-state index in [1.165, 1.54) is 7.11 Å². The second-order valence-electron chi connectivity index (χ2n) is 2.02. The molecule has 0 saturated heterocycles. The van der Waals surface area contributed by atoms with Crippen LogP contribution in [-0.4, -0.2) is 7.11 Å². The predicted octanol–water partition coefficient (Wildman–Crippen LogP) is 1.19. The fourth-order valence-corrected chi connectivity index (χ4v) is 1.06. The summed E-state index contributed by atoms with van der Waals surface area (Å²) in [6, 6.07) is 5.00. The van der Waals surface area contributed by atoms with Gasteiger partial charge in [-0.1, -0.05) is 0 Å². The van der Waals surface area contributed by atoms with Crippen molar-refractivity contribution < 1.29 is 9.30 Å². The van der Waals surface area contributed by atoms with Crippen LogP contribution in [0.25, 0.3) is 0 Å². The van der Waals surface area contributed by atoms with Gasteiger partial charge in [0.25, 0.3) is 0 Å². The Kier molecular flexibility index (Phi) is 2.44. The van der Waals surface area contributed by atoms with Crippen LogP contribution in [0, 0.1) is 0 Å². The molecule has 11 heavy (non-hydrogen) atoms. The molecule has 1 aromatic carbocycles. The van der Waals surface area contributed by atoms with Crippen molar-refractivity contribution in [2.45, 2.75) is 0 Å². The van der Waals surface area contributed by atoms with Crippen LogP contribution in [0.4, 0.5) is 5.69 Å². The monoisotopic (exact) mass is 169 g/mol. The van der Waals surface area contributed by atoms with E-state index < -0.39 is 0 Å². The maximum atomic E-state index is 10.4. The Morgan fingerprint density at radius 2 is 2.27 bits per heavy atom. The first-order valence-corrected chi connectivity index (χ1v) is 3.86. The summed E-state index contributed by atoms with van der Waals surface area (Å²) in [5.74, 6) is 0.561. The quantitative estimate of drug-likeness (QED) is 0.534. The number of hydrogen-bond donors (Lipinski definition) is 1. The van der Waals surface area contributed by atoms with Gasteiger partial charge in [0.2, 0.25) is 0 Å². The van der Waals surface area contributed by atoms with Crippen LogP contribution < -0.4 is 15.8 Å². The lowest BCUT2D eigenvalue weighted by Gasteiger charge is -2.02. The SMILES string of the molecule is COc1cc(P=O)ccc1N. The fourth-order valence-electron chi connectivity index (χ4n) is 0.757. The van der Waals surface area contributed by atoms with Gasteiger partial charge in [-0.25, -0.2) is 0 Å². The fraction of sp³-hybridized carbons (Fsp3) is 0.143. The molecule has 0 fully saturated rings. The molecule has 0 spiro atoms. The molecule has 0 radical (unpaired) electrons. The Morgan fingerprint density at radius 1 is 1.55 bits per heavy atom. The van der Waals surface area contributed by atoms with Crippen LogP contribution in [0.1, 0.15) is 0 Å². The van der Waals surface area contributed by atoms with Gasteiger partial charge in [-0.05, 0) is 18.2 Å². The van der Waals surface area contributed by atoms with Gasteiger partial charge in [-0.15, -0.1) is 0 Å². The first-order chi connectivity index (χ1) is 5.27. The van der Waals surface area contributed by atoms with Crippen LogP contribution in [0.5, 0.6) is 5.75 Å². The van der Waals surface area contributed by atoms with E-state index in [9.17, 15) is 4.57 Å². The lowest BCUT2D eigenvalue weighted by Crippen LogP contribution is -1.97. The molecule has 4 heteroatoms. The molecule has 0 bridgehead atoms. The molecule has 3 nitrogen and oxygen atoms in total. The standard InChI is InChI=1S/C7H8NO2P/c1-10-7-4-5(11-9)2-3-6(7)8/h2-4H,8H2,1H3. The molecule has 0 aromatic heterocycles. The zero-order chi connectivity index (χ0) is 8.27. The topological polar surface area (TPSA) is 52.3 Å². The molecule has 0 aliphatic heterocycles. The van der Waals surface area contributed by atoms with Crippen LogP contribution >= 0.6 is 8.46 Å². The van der Waals surface area contributed by atoms with Gasteiger partial charge in [0.15, 0.2) is 8.46 Å². The molecule has 58 valence electrons. The van der Waals surface area contributed by atoms with Crippen molar-refractivity contribution in [3.8, 4) is 5.75 Å². The molecular formula is C7H8NO2P. The van der Waals surface area contributed by atoms with E-state index in [1.54, 1.807) is 18.2 Å². The lowest BCUT2D eigenvalue weighted by molar-refractivity contribution is 0.417. The highest BCUT2D eigenvalue weighted by Gasteiger charge is 1.99. The highest BCUT2D eigenvalue weighted by molar-refractivity contribution is 7.34. The highest BCUT2D eigenvalue weighted by atomic mass is 31.1. The van der Waals surface area contributed by atoms with Gasteiger partial charge in [0, 0.05) is 5.30 Å². The van der Waals surface area contributed by atoms with Crippen molar-refractivity contribution in [1.82, 2.24) is 0 Å². The third kappa shape index (κ3) is 1.69.